The SMILES string of the molecule is CN(C)CCN(C(=O)C1COc2ccccc2O1)c1nc2c(Cl)cccc2s1.Cl. The predicted octanol–water partition coefficient (Wildman–Crippen LogP) is 4.11. The maximum absolute atomic E-state index is 13.3. The molecule has 1 unspecified atom stereocenters. The molecule has 0 fully saturated rings. The number of carbonyl (C=O) groups excluding carboxylic acids is 1. The van der Waals surface area contributed by atoms with Gasteiger partial charge in [0.15, 0.2) is 16.6 Å². The molecule has 9 heteroatoms. The molecular weight excluding hydrogens is 433 g/mol. The summed E-state index contributed by atoms with van der Waals surface area (Å²) in [6, 6.07) is 13.0. The summed E-state index contributed by atoms with van der Waals surface area (Å²) in [5.41, 5.74) is 0.706. The van der Waals surface area contributed by atoms with Crippen molar-refractivity contribution in [1.29, 1.82) is 0 Å². The van der Waals surface area contributed by atoms with Gasteiger partial charge in [-0.2, -0.15) is 0 Å². The summed E-state index contributed by atoms with van der Waals surface area (Å²) in [5, 5.41) is 1.18. The monoisotopic (exact) mass is 453 g/mol. The van der Waals surface area contributed by atoms with E-state index in [2.05, 4.69) is 4.98 Å². The molecule has 1 amide bonds. The van der Waals surface area contributed by atoms with Crippen LogP contribution in [-0.4, -0.2) is 55.7 Å². The van der Waals surface area contributed by atoms with E-state index in [1.165, 1.54) is 11.3 Å². The zero-order valence-corrected chi connectivity index (χ0v) is 18.4. The van der Waals surface area contributed by atoms with Crippen LogP contribution in [0.3, 0.4) is 0 Å². The highest BCUT2D eigenvalue weighted by atomic mass is 35.5. The van der Waals surface area contributed by atoms with Crippen molar-refractivity contribution in [2.24, 2.45) is 0 Å². The molecular formula is C20H21Cl2N3O3S. The molecule has 1 aliphatic heterocycles. The number of anilines is 1. The van der Waals surface area contributed by atoms with Crippen molar-refractivity contribution in [1.82, 2.24) is 9.88 Å². The molecule has 0 saturated carbocycles. The van der Waals surface area contributed by atoms with Crippen molar-refractivity contribution < 1.29 is 14.3 Å². The third kappa shape index (κ3) is 4.59. The van der Waals surface area contributed by atoms with Gasteiger partial charge in [-0.1, -0.05) is 41.1 Å². The Morgan fingerprint density at radius 2 is 1.93 bits per heavy atom. The molecule has 0 radical (unpaired) electrons. The molecule has 4 rings (SSSR count). The van der Waals surface area contributed by atoms with E-state index in [9.17, 15) is 4.79 Å². The standard InChI is InChI=1S/C20H20ClN3O3S.ClH/c1-23(2)10-11-24(20-22-18-13(21)6-5-9-17(18)28-20)19(25)16-12-26-14-7-3-4-8-15(14)27-16;/h3-9,16H,10-12H2,1-2H3;1H. The third-order valence-electron chi connectivity index (χ3n) is 4.41. The minimum Gasteiger partial charge on any atom is -0.485 e. The van der Waals surface area contributed by atoms with Crippen LogP contribution in [0, 0.1) is 0 Å². The highest BCUT2D eigenvalue weighted by Gasteiger charge is 2.33. The van der Waals surface area contributed by atoms with E-state index in [0.29, 0.717) is 40.3 Å². The van der Waals surface area contributed by atoms with Crippen molar-refractivity contribution in [2.75, 3.05) is 38.7 Å². The Bertz CT molecular complexity index is 1010. The van der Waals surface area contributed by atoms with E-state index < -0.39 is 6.10 Å². The Hall–Kier alpha value is -2.06. The van der Waals surface area contributed by atoms with E-state index in [1.807, 2.05) is 49.3 Å². The molecule has 0 N–H and O–H groups in total. The number of carbonyl (C=O) groups is 1. The summed E-state index contributed by atoms with van der Waals surface area (Å²) in [6.07, 6.45) is -0.723. The number of hydrogen-bond acceptors (Lipinski definition) is 6. The number of rotatable bonds is 5. The van der Waals surface area contributed by atoms with Crippen LogP contribution in [0.4, 0.5) is 5.13 Å². The van der Waals surface area contributed by atoms with Gasteiger partial charge in [0.1, 0.15) is 12.1 Å². The predicted molar refractivity (Wildman–Crippen MR) is 119 cm³/mol. The second kappa shape index (κ2) is 9.17. The van der Waals surface area contributed by atoms with Gasteiger partial charge in [0.05, 0.1) is 9.72 Å². The van der Waals surface area contributed by atoms with Crippen molar-refractivity contribution in [3.63, 3.8) is 0 Å². The van der Waals surface area contributed by atoms with E-state index in [-0.39, 0.29) is 24.9 Å². The fourth-order valence-corrected chi connectivity index (χ4v) is 4.23. The largest absolute Gasteiger partial charge is 0.485 e. The quantitative estimate of drug-likeness (QED) is 0.581. The van der Waals surface area contributed by atoms with Crippen LogP contribution >= 0.6 is 35.3 Å². The van der Waals surface area contributed by atoms with Crippen LogP contribution in [0.25, 0.3) is 10.2 Å². The van der Waals surface area contributed by atoms with Gasteiger partial charge in [-0.25, -0.2) is 4.98 Å². The van der Waals surface area contributed by atoms with E-state index in [4.69, 9.17) is 21.1 Å². The van der Waals surface area contributed by atoms with Crippen LogP contribution in [-0.2, 0) is 4.79 Å². The van der Waals surface area contributed by atoms with Crippen LogP contribution in [0.1, 0.15) is 0 Å². The number of likely N-dealkylation sites (N-methyl/N-ethyl adjacent to an activating group) is 1. The first-order valence-electron chi connectivity index (χ1n) is 8.92. The van der Waals surface area contributed by atoms with Crippen molar-refractivity contribution >= 4 is 56.6 Å². The summed E-state index contributed by atoms with van der Waals surface area (Å²) in [5.74, 6) is 1.05. The van der Waals surface area contributed by atoms with Gasteiger partial charge >= 0.3 is 0 Å². The number of halogens is 2. The van der Waals surface area contributed by atoms with E-state index in [1.54, 1.807) is 17.0 Å². The van der Waals surface area contributed by atoms with Gasteiger partial charge in [-0.05, 0) is 38.4 Å². The minimum atomic E-state index is -0.723. The second-order valence-electron chi connectivity index (χ2n) is 6.74. The minimum absolute atomic E-state index is 0. The third-order valence-corrected chi connectivity index (χ3v) is 5.76. The number of fused-ring (bicyclic) bond motifs is 2. The summed E-state index contributed by atoms with van der Waals surface area (Å²) in [7, 11) is 3.93. The van der Waals surface area contributed by atoms with E-state index >= 15 is 0 Å². The van der Waals surface area contributed by atoms with Gasteiger partial charge in [0.25, 0.3) is 5.91 Å². The van der Waals surface area contributed by atoms with Crippen molar-refractivity contribution in [2.45, 2.75) is 6.10 Å². The molecule has 6 nitrogen and oxygen atoms in total. The molecule has 2 heterocycles. The summed E-state index contributed by atoms with van der Waals surface area (Å²) < 4.78 is 12.6. The molecule has 1 aromatic heterocycles. The van der Waals surface area contributed by atoms with Gasteiger partial charge in [0.2, 0.25) is 6.10 Å². The number of nitrogens with zero attached hydrogens (tertiary/aromatic N) is 3. The van der Waals surface area contributed by atoms with Gasteiger partial charge in [-0.3, -0.25) is 9.69 Å². The lowest BCUT2D eigenvalue weighted by Crippen LogP contribution is -2.48. The summed E-state index contributed by atoms with van der Waals surface area (Å²) in [6.45, 7) is 1.35. The van der Waals surface area contributed by atoms with Crippen molar-refractivity contribution in [3.05, 3.63) is 47.5 Å². The molecule has 29 heavy (non-hydrogen) atoms. The Labute approximate surface area is 184 Å². The molecule has 2 aromatic carbocycles. The lowest BCUT2D eigenvalue weighted by molar-refractivity contribution is -0.127. The van der Waals surface area contributed by atoms with Gasteiger partial charge in [-0.15, -0.1) is 12.4 Å². The van der Waals surface area contributed by atoms with Gasteiger partial charge in [0, 0.05) is 13.1 Å². The first-order chi connectivity index (χ1) is 13.5. The molecule has 0 aliphatic carbocycles. The number of aromatic nitrogens is 1. The Morgan fingerprint density at radius 1 is 1.17 bits per heavy atom. The first-order valence-corrected chi connectivity index (χ1v) is 10.1. The highest BCUT2D eigenvalue weighted by Crippen LogP contribution is 2.35. The molecule has 3 aromatic rings. The maximum Gasteiger partial charge on any atom is 0.273 e. The topological polar surface area (TPSA) is 54.9 Å². The van der Waals surface area contributed by atoms with Crippen LogP contribution in [0.15, 0.2) is 42.5 Å². The van der Waals surface area contributed by atoms with Crippen molar-refractivity contribution in [3.8, 4) is 11.5 Å². The van der Waals surface area contributed by atoms with Crippen LogP contribution in [0.5, 0.6) is 11.5 Å². The zero-order valence-electron chi connectivity index (χ0n) is 16.0. The lowest BCUT2D eigenvalue weighted by atomic mass is 10.2. The number of ether oxygens (including phenoxy) is 2. The molecule has 1 atom stereocenters. The Morgan fingerprint density at radius 3 is 2.66 bits per heavy atom. The molecule has 154 valence electrons. The number of para-hydroxylation sites is 3. The average molecular weight is 454 g/mol. The lowest BCUT2D eigenvalue weighted by Gasteiger charge is -2.30. The zero-order chi connectivity index (χ0) is 19.7. The molecule has 0 saturated heterocycles. The first kappa shape index (κ1) is 21.6. The summed E-state index contributed by atoms with van der Waals surface area (Å²) >= 11 is 7.72. The normalized spacial score (nSPS) is 15.2. The van der Waals surface area contributed by atoms with Gasteiger partial charge < -0.3 is 14.4 Å². The Kier molecular flexibility index (Phi) is 6.85. The summed E-state index contributed by atoms with van der Waals surface area (Å²) in [4.78, 5) is 21.6. The van der Waals surface area contributed by atoms with E-state index in [0.717, 1.165) is 4.70 Å². The number of amides is 1. The average Bonchev–Trinajstić information content (AvgIpc) is 3.12. The second-order valence-corrected chi connectivity index (χ2v) is 8.16. The molecule has 1 aliphatic rings. The fourth-order valence-electron chi connectivity index (χ4n) is 2.93. The Balaban J connectivity index is 0.00000240. The molecule has 0 bridgehead atoms. The number of benzene rings is 2. The smallest absolute Gasteiger partial charge is 0.273 e. The number of hydrogen-bond donors (Lipinski definition) is 0. The van der Waals surface area contributed by atoms with Crippen LogP contribution in [0.2, 0.25) is 5.02 Å². The maximum atomic E-state index is 13.3. The molecule has 0 spiro atoms. The fraction of sp³-hybridized carbons (Fsp3) is 0.300. The number of thiazole rings is 1. The highest BCUT2D eigenvalue weighted by molar-refractivity contribution is 7.22. The van der Waals surface area contributed by atoms with Crippen LogP contribution < -0.4 is 14.4 Å².